The van der Waals surface area contributed by atoms with Gasteiger partial charge in [0, 0.05) is 50.4 Å². The number of nitrogens with one attached hydrogen (secondary N) is 1. The molecule has 1 radical (unpaired) electrons. The minimum atomic E-state index is -0.122. The number of rotatable bonds is 5. The minimum Gasteiger partial charge on any atom is -0.469 e. The predicted molar refractivity (Wildman–Crippen MR) is 312 cm³/mol. The third-order valence-corrected chi connectivity index (χ3v) is 17.6. The smallest absolute Gasteiger partial charge is 0.247 e. The van der Waals surface area contributed by atoms with Gasteiger partial charge in [0.2, 0.25) is 7.28 Å². The fourth-order valence-corrected chi connectivity index (χ4v) is 12.7. The van der Waals surface area contributed by atoms with Gasteiger partial charge in [-0.3, -0.25) is 0 Å². The Bertz CT molecular complexity index is 3710. The summed E-state index contributed by atoms with van der Waals surface area (Å²) in [6, 6.07) is 48.0. The largest absolute Gasteiger partial charge is 0.469 e. The lowest BCUT2D eigenvalue weighted by Gasteiger charge is -2.42. The molecule has 4 nitrogen and oxygen atoms in total. The van der Waals surface area contributed by atoms with Gasteiger partial charge in [0.05, 0.1) is 17.0 Å². The molecule has 7 aromatic carbocycles. The Balaban J connectivity index is 1.19. The summed E-state index contributed by atoms with van der Waals surface area (Å²) in [5.41, 5.74) is 22.8. The fraction of sp³-hybridized carbons (Fsp3) is 0.353. The van der Waals surface area contributed by atoms with Crippen LogP contribution in [-0.2, 0) is 32.5 Å². The molecule has 0 amide bonds. The molecule has 9 aromatic rings. The molecule has 2 aliphatic carbocycles. The molecule has 0 saturated heterocycles. The Morgan fingerprint density at radius 2 is 1.08 bits per heavy atom. The normalized spacial score (nSPS) is 17.5. The molecule has 0 unspecified atom stereocenters. The number of hydrogen-bond acceptors (Lipinski definition) is 4. The van der Waals surface area contributed by atoms with E-state index < -0.39 is 0 Å². The lowest BCUT2D eigenvalue weighted by atomic mass is 9.60. The lowest BCUT2D eigenvalue weighted by molar-refractivity contribution is 0.332. The van der Waals surface area contributed by atoms with Crippen LogP contribution in [0.5, 0.6) is 0 Å². The molecule has 3 aliphatic rings. The van der Waals surface area contributed by atoms with Gasteiger partial charge in [-0.15, -0.1) is 0 Å². The number of anilines is 5. The van der Waals surface area contributed by atoms with Gasteiger partial charge in [-0.05, 0) is 163 Å². The van der Waals surface area contributed by atoms with Crippen molar-refractivity contribution in [3.05, 3.63) is 161 Å². The van der Waals surface area contributed by atoms with Gasteiger partial charge in [-0.1, -0.05) is 164 Å². The van der Waals surface area contributed by atoms with E-state index in [1.807, 2.05) is 0 Å². The Kier molecular flexibility index (Phi) is 10.4. The molecule has 0 spiro atoms. The summed E-state index contributed by atoms with van der Waals surface area (Å²) in [5.74, 6) is 0. The zero-order valence-corrected chi connectivity index (χ0v) is 45.8. The van der Waals surface area contributed by atoms with Gasteiger partial charge in [-0.25, -0.2) is 0 Å². The third kappa shape index (κ3) is 7.69. The maximum Gasteiger partial charge on any atom is 0.247 e. The Morgan fingerprint density at radius 1 is 0.493 bits per heavy atom. The molecule has 1 aliphatic heterocycles. The summed E-state index contributed by atoms with van der Waals surface area (Å²) in [4.78, 5) is 2.53. The molecular weight excluding hydrogens is 888 g/mol. The van der Waals surface area contributed by atoms with Crippen molar-refractivity contribution in [2.24, 2.45) is 0 Å². The second-order valence-corrected chi connectivity index (χ2v) is 26.6. The standard InChI is InChI=1S/C68H72BN2O2/c1-63(2,3)41-24-28-52(70-43-26-27-48-49(36-43)66(9,10)31-30-65(48,7)8)46(35-41)59-58-44-22-18-19-23-55(44)72-57(58)39-54-60(59)69-62-61(47-37-50-51(38-56(47)73-62)68(13,14)33-32-67(50,11)12)71(54)53-29-25-42(64(4,5)6)34-45(53)40-20-16-15-17-21-40/h15-29,34-39,70H,30-33H2,1-14H3. The Labute approximate surface area is 434 Å². The van der Waals surface area contributed by atoms with Crippen LogP contribution in [0.25, 0.3) is 55.2 Å². The van der Waals surface area contributed by atoms with Crippen molar-refractivity contribution in [2.75, 3.05) is 10.2 Å². The lowest BCUT2D eigenvalue weighted by Crippen LogP contribution is -2.40. The van der Waals surface area contributed by atoms with E-state index in [1.54, 1.807) is 0 Å². The first-order valence-electron chi connectivity index (χ1n) is 26.9. The van der Waals surface area contributed by atoms with Crippen LogP contribution in [0, 0.1) is 0 Å². The monoisotopic (exact) mass is 960 g/mol. The molecular formula is C68H72BN2O2. The van der Waals surface area contributed by atoms with Gasteiger partial charge < -0.3 is 19.1 Å². The molecule has 369 valence electrons. The van der Waals surface area contributed by atoms with Gasteiger partial charge in [0.25, 0.3) is 0 Å². The zero-order valence-electron chi connectivity index (χ0n) is 45.8. The maximum absolute atomic E-state index is 7.38. The van der Waals surface area contributed by atoms with E-state index in [1.165, 1.54) is 50.9 Å². The zero-order chi connectivity index (χ0) is 51.4. The Hall–Kier alpha value is -6.46. The first-order chi connectivity index (χ1) is 34.4. The fourth-order valence-electron chi connectivity index (χ4n) is 12.7. The van der Waals surface area contributed by atoms with E-state index in [-0.39, 0.29) is 32.5 Å². The first kappa shape index (κ1) is 47.5. The molecule has 0 fully saturated rings. The van der Waals surface area contributed by atoms with Gasteiger partial charge in [0.15, 0.2) is 0 Å². The molecule has 12 rings (SSSR count). The maximum atomic E-state index is 7.38. The molecule has 0 saturated carbocycles. The van der Waals surface area contributed by atoms with Crippen LogP contribution in [0.15, 0.2) is 136 Å². The number of furan rings is 2. The summed E-state index contributed by atoms with van der Waals surface area (Å²) in [6.45, 7) is 33.2. The topological polar surface area (TPSA) is 41.6 Å². The van der Waals surface area contributed by atoms with E-state index in [4.69, 9.17) is 8.83 Å². The van der Waals surface area contributed by atoms with Crippen LogP contribution in [-0.4, -0.2) is 7.28 Å². The van der Waals surface area contributed by atoms with E-state index in [0.29, 0.717) is 0 Å². The average molecular weight is 960 g/mol. The van der Waals surface area contributed by atoms with Crippen LogP contribution in [0.1, 0.15) is 156 Å². The van der Waals surface area contributed by atoms with Gasteiger partial charge in [-0.2, -0.15) is 0 Å². The van der Waals surface area contributed by atoms with Crippen molar-refractivity contribution in [3.63, 3.8) is 0 Å². The van der Waals surface area contributed by atoms with Crippen molar-refractivity contribution < 1.29 is 8.83 Å². The highest BCUT2D eigenvalue weighted by Gasteiger charge is 2.42. The number of nitrogens with zero attached hydrogens (tertiary/aromatic N) is 1. The van der Waals surface area contributed by atoms with Crippen LogP contribution in [0.4, 0.5) is 28.4 Å². The molecule has 1 N–H and O–H groups in total. The summed E-state index contributed by atoms with van der Waals surface area (Å²) in [7, 11) is 2.36. The summed E-state index contributed by atoms with van der Waals surface area (Å²) < 4.78 is 14.5. The van der Waals surface area contributed by atoms with Gasteiger partial charge in [0.1, 0.15) is 16.7 Å². The predicted octanol–water partition coefficient (Wildman–Crippen LogP) is 18.1. The minimum absolute atomic E-state index is 0.00691. The highest BCUT2D eigenvalue weighted by molar-refractivity contribution is 6.73. The number of fused-ring (bicyclic) bond motifs is 9. The SMILES string of the molecule is CC(C)(C)c1ccc(Nc2ccc3c(c2)C(C)(C)CCC3(C)C)c(-c2c3c(cc4oc5ccccc5c24)N(c2ccc(C(C)(C)C)cc2-c2ccccc2)c2c(oc4cc5c(cc24)C(C)(C)CCC5(C)C)[B]3)c1. The van der Waals surface area contributed by atoms with Crippen LogP contribution in [0.2, 0.25) is 0 Å². The average Bonchev–Trinajstić information content (AvgIpc) is 3.90. The molecule has 0 atom stereocenters. The number of benzene rings is 7. The molecule has 5 heteroatoms. The molecule has 0 bridgehead atoms. The van der Waals surface area contributed by atoms with Crippen molar-refractivity contribution in [1.82, 2.24) is 0 Å². The second-order valence-electron chi connectivity index (χ2n) is 26.6. The number of para-hydroxylation sites is 1. The highest BCUT2D eigenvalue weighted by Crippen LogP contribution is 2.54. The van der Waals surface area contributed by atoms with Crippen LogP contribution < -0.4 is 21.3 Å². The van der Waals surface area contributed by atoms with E-state index in [0.717, 1.165) is 103 Å². The third-order valence-electron chi connectivity index (χ3n) is 17.6. The van der Waals surface area contributed by atoms with Crippen molar-refractivity contribution >= 4 is 79.7 Å². The van der Waals surface area contributed by atoms with E-state index >= 15 is 0 Å². The summed E-state index contributed by atoms with van der Waals surface area (Å²) in [5, 5.41) is 7.39. The van der Waals surface area contributed by atoms with Crippen molar-refractivity contribution in [1.29, 1.82) is 0 Å². The molecule has 2 aromatic heterocycles. The molecule has 3 heterocycles. The second kappa shape index (κ2) is 16.0. The summed E-state index contributed by atoms with van der Waals surface area (Å²) >= 11 is 0. The highest BCUT2D eigenvalue weighted by atomic mass is 16.3. The van der Waals surface area contributed by atoms with E-state index in [9.17, 15) is 0 Å². The molecule has 73 heavy (non-hydrogen) atoms. The quantitative estimate of drug-likeness (QED) is 0.175. The Morgan fingerprint density at radius 3 is 1.75 bits per heavy atom. The van der Waals surface area contributed by atoms with Crippen molar-refractivity contribution in [3.8, 4) is 22.3 Å². The summed E-state index contributed by atoms with van der Waals surface area (Å²) in [6.07, 6.45) is 4.59. The van der Waals surface area contributed by atoms with Gasteiger partial charge >= 0.3 is 0 Å². The van der Waals surface area contributed by atoms with Crippen molar-refractivity contribution in [2.45, 2.75) is 155 Å². The van der Waals surface area contributed by atoms with E-state index in [2.05, 4.69) is 242 Å². The first-order valence-corrected chi connectivity index (χ1v) is 26.9. The van der Waals surface area contributed by atoms with Crippen LogP contribution >= 0.6 is 0 Å². The number of hydrogen-bond donors (Lipinski definition) is 1. The van der Waals surface area contributed by atoms with Crippen LogP contribution in [0.3, 0.4) is 0 Å².